The van der Waals surface area contributed by atoms with E-state index in [1.54, 1.807) is 12.1 Å². The minimum Gasteiger partial charge on any atom is -0.436 e. The van der Waals surface area contributed by atoms with Gasteiger partial charge in [-0.15, -0.1) is 0 Å². The van der Waals surface area contributed by atoms with Crippen LogP contribution in [0.4, 0.5) is 0 Å². The van der Waals surface area contributed by atoms with Crippen molar-refractivity contribution in [1.82, 2.24) is 9.37 Å². The number of carbonyl (C=O) groups is 3. The van der Waals surface area contributed by atoms with Crippen molar-refractivity contribution in [3.8, 4) is 0 Å². The molecule has 2 aromatic rings. The van der Waals surface area contributed by atoms with E-state index in [-0.39, 0.29) is 11.1 Å². The first-order valence-corrected chi connectivity index (χ1v) is 9.64. The quantitative estimate of drug-likeness (QED) is 0.726. The lowest BCUT2D eigenvalue weighted by atomic mass is 10.1. The van der Waals surface area contributed by atoms with Crippen LogP contribution in [0.1, 0.15) is 44.1 Å². The molecule has 0 bridgehead atoms. The summed E-state index contributed by atoms with van der Waals surface area (Å²) in [4.78, 5) is 41.5. The predicted molar refractivity (Wildman–Crippen MR) is 89.1 cm³/mol. The van der Waals surface area contributed by atoms with E-state index in [1.165, 1.54) is 16.4 Å². The molecule has 0 radical (unpaired) electrons. The fourth-order valence-electron chi connectivity index (χ4n) is 3.00. The van der Waals surface area contributed by atoms with E-state index in [1.807, 2.05) is 0 Å². The summed E-state index contributed by atoms with van der Waals surface area (Å²) in [5.74, 6) is -3.13. The molecule has 2 amide bonds. The molecule has 10 heteroatoms. The first-order chi connectivity index (χ1) is 12.9. The predicted octanol–water partition coefficient (Wildman–Crippen LogP) is 1.43. The van der Waals surface area contributed by atoms with Crippen molar-refractivity contribution in [1.29, 1.82) is 0 Å². The number of imide groups is 1. The third-order valence-corrected chi connectivity index (χ3v) is 6.15. The molecule has 0 aliphatic carbocycles. The number of rotatable bonds is 4. The topological polar surface area (TPSA) is 114 Å². The number of fused-ring (bicyclic) bond motifs is 1. The van der Waals surface area contributed by atoms with Crippen LogP contribution in [0.3, 0.4) is 0 Å². The molecule has 0 saturated carbocycles. The second-order valence-corrected chi connectivity index (χ2v) is 7.93. The highest BCUT2D eigenvalue weighted by Crippen LogP contribution is 2.25. The maximum absolute atomic E-state index is 12.4. The zero-order chi connectivity index (χ0) is 19.2. The minimum atomic E-state index is -3.83. The number of benzene rings is 1. The molecule has 0 spiro atoms. The zero-order valence-electron chi connectivity index (χ0n) is 14.0. The molecule has 4 rings (SSSR count). The Hall–Kier alpha value is -2.98. The van der Waals surface area contributed by atoms with E-state index in [0.29, 0.717) is 18.2 Å². The Bertz CT molecular complexity index is 1020. The highest BCUT2D eigenvalue weighted by Gasteiger charge is 2.39. The number of sulfonamides is 1. The normalized spacial score (nSPS) is 17.4. The number of carbonyl (C=O) groups excluding carboxylic acids is 3. The lowest BCUT2D eigenvalue weighted by Crippen LogP contribution is -2.32. The number of nitrogens with zero attached hydrogens (tertiary/aromatic N) is 2. The molecule has 0 atom stereocenters. The maximum Gasteiger partial charge on any atom is 0.399 e. The van der Waals surface area contributed by atoms with E-state index >= 15 is 0 Å². The summed E-state index contributed by atoms with van der Waals surface area (Å²) < 4.78 is 31.3. The lowest BCUT2D eigenvalue weighted by Gasteiger charge is -2.13. The van der Waals surface area contributed by atoms with E-state index in [2.05, 4.69) is 0 Å². The van der Waals surface area contributed by atoms with Crippen LogP contribution in [0, 0.1) is 0 Å². The summed E-state index contributed by atoms with van der Waals surface area (Å²) in [6, 6.07) is 8.32. The molecule has 2 aliphatic heterocycles. The van der Waals surface area contributed by atoms with Crippen molar-refractivity contribution in [2.24, 2.45) is 0 Å². The van der Waals surface area contributed by atoms with Crippen LogP contribution in [-0.4, -0.2) is 48.7 Å². The van der Waals surface area contributed by atoms with Gasteiger partial charge in [-0.25, -0.2) is 13.2 Å². The van der Waals surface area contributed by atoms with Crippen LogP contribution < -0.4 is 0 Å². The highest BCUT2D eigenvalue weighted by molar-refractivity contribution is 7.89. The molecule has 1 saturated heterocycles. The fourth-order valence-corrected chi connectivity index (χ4v) is 4.43. The van der Waals surface area contributed by atoms with Gasteiger partial charge in [-0.05, 0) is 37.1 Å². The van der Waals surface area contributed by atoms with Gasteiger partial charge in [-0.2, -0.15) is 4.31 Å². The molecule has 3 heterocycles. The van der Waals surface area contributed by atoms with E-state index in [9.17, 15) is 22.8 Å². The third kappa shape index (κ3) is 2.82. The molecule has 0 N–H and O–H groups in total. The summed E-state index contributed by atoms with van der Waals surface area (Å²) >= 11 is 0. The molecule has 27 heavy (non-hydrogen) atoms. The van der Waals surface area contributed by atoms with Crippen molar-refractivity contribution < 1.29 is 32.1 Å². The Morgan fingerprint density at radius 2 is 1.56 bits per heavy atom. The summed E-state index contributed by atoms with van der Waals surface area (Å²) in [6.07, 6.45) is 1.52. The standard InChI is InChI=1S/C17H14N2O7S/c20-15-11-5-1-2-6-12(11)16(21)19(15)26-17(22)13-7-8-14(25-13)27(23,24)18-9-3-4-10-18/h1-2,5-8H,3-4,9-10H2. The van der Waals surface area contributed by atoms with E-state index in [4.69, 9.17) is 9.25 Å². The van der Waals surface area contributed by atoms with Gasteiger partial charge < -0.3 is 9.25 Å². The van der Waals surface area contributed by atoms with Gasteiger partial charge in [0.2, 0.25) is 10.9 Å². The molecule has 1 aromatic heterocycles. The zero-order valence-corrected chi connectivity index (χ0v) is 14.8. The van der Waals surface area contributed by atoms with Crippen molar-refractivity contribution in [2.75, 3.05) is 13.1 Å². The van der Waals surface area contributed by atoms with Crippen LogP contribution in [-0.2, 0) is 14.9 Å². The van der Waals surface area contributed by atoms with Crippen molar-refractivity contribution >= 4 is 27.8 Å². The molecule has 140 valence electrons. The lowest BCUT2D eigenvalue weighted by molar-refractivity contribution is -0.0605. The monoisotopic (exact) mass is 390 g/mol. The minimum absolute atomic E-state index is 0.118. The first kappa shape index (κ1) is 17.4. The average molecular weight is 390 g/mol. The Morgan fingerprint density at radius 1 is 0.963 bits per heavy atom. The van der Waals surface area contributed by atoms with Gasteiger partial charge in [0, 0.05) is 13.1 Å². The molecule has 1 aromatic carbocycles. The molecule has 2 aliphatic rings. The van der Waals surface area contributed by atoms with Gasteiger partial charge in [0.25, 0.3) is 21.8 Å². The van der Waals surface area contributed by atoms with Gasteiger partial charge in [0.15, 0.2) is 0 Å². The van der Waals surface area contributed by atoms with Gasteiger partial charge in [-0.1, -0.05) is 17.2 Å². The fraction of sp³-hybridized carbons (Fsp3) is 0.235. The van der Waals surface area contributed by atoms with Gasteiger partial charge in [0.1, 0.15) is 0 Å². The van der Waals surface area contributed by atoms with Crippen LogP contribution in [0.2, 0.25) is 0 Å². The summed E-state index contributed by atoms with van der Waals surface area (Å²) in [6.45, 7) is 0.774. The third-order valence-electron chi connectivity index (χ3n) is 4.37. The summed E-state index contributed by atoms with van der Waals surface area (Å²) in [7, 11) is -3.83. The second-order valence-electron chi connectivity index (χ2n) is 6.06. The average Bonchev–Trinajstić information content (AvgIpc) is 3.40. The molecule has 1 fully saturated rings. The van der Waals surface area contributed by atoms with Gasteiger partial charge >= 0.3 is 5.97 Å². The SMILES string of the molecule is O=C(ON1C(=O)c2ccccc2C1=O)c1ccc(S(=O)(=O)N2CCCC2)o1. The van der Waals surface area contributed by atoms with Crippen molar-refractivity contribution in [3.63, 3.8) is 0 Å². The Balaban J connectivity index is 1.53. The number of hydroxylamine groups is 2. The Morgan fingerprint density at radius 3 is 2.15 bits per heavy atom. The Kier molecular flexibility index (Phi) is 4.08. The number of hydrogen-bond acceptors (Lipinski definition) is 7. The molecular weight excluding hydrogens is 376 g/mol. The highest BCUT2D eigenvalue weighted by atomic mass is 32.2. The van der Waals surface area contributed by atoms with Crippen molar-refractivity contribution in [2.45, 2.75) is 17.9 Å². The molecule has 9 nitrogen and oxygen atoms in total. The first-order valence-electron chi connectivity index (χ1n) is 8.20. The maximum atomic E-state index is 12.4. The Labute approximate surface area is 154 Å². The number of furan rings is 1. The summed E-state index contributed by atoms with van der Waals surface area (Å²) in [5.41, 5.74) is 0.235. The van der Waals surface area contributed by atoms with Crippen LogP contribution in [0.15, 0.2) is 45.9 Å². The van der Waals surface area contributed by atoms with Crippen molar-refractivity contribution in [3.05, 3.63) is 53.3 Å². The summed E-state index contributed by atoms with van der Waals surface area (Å²) in [5, 5.41) is -0.0526. The largest absolute Gasteiger partial charge is 0.436 e. The molecule has 0 unspecified atom stereocenters. The van der Waals surface area contributed by atoms with Crippen LogP contribution in [0.25, 0.3) is 0 Å². The smallest absolute Gasteiger partial charge is 0.399 e. The molecular formula is C17H14N2O7S. The number of hydrogen-bond donors (Lipinski definition) is 0. The van der Waals surface area contributed by atoms with Gasteiger partial charge in [0.05, 0.1) is 11.1 Å². The van der Waals surface area contributed by atoms with Crippen LogP contribution >= 0.6 is 0 Å². The van der Waals surface area contributed by atoms with Gasteiger partial charge in [-0.3, -0.25) is 9.59 Å². The van der Waals surface area contributed by atoms with Crippen LogP contribution in [0.5, 0.6) is 0 Å². The number of amides is 2. The van der Waals surface area contributed by atoms with E-state index < -0.39 is 38.7 Å². The van der Waals surface area contributed by atoms with E-state index in [0.717, 1.165) is 25.0 Å². The second kappa shape index (κ2) is 6.32.